The second-order valence-corrected chi connectivity index (χ2v) is 4.17. The van der Waals surface area contributed by atoms with Gasteiger partial charge in [-0.3, -0.25) is 0 Å². The van der Waals surface area contributed by atoms with Gasteiger partial charge in [-0.25, -0.2) is 5.32 Å². The fraction of sp³-hybridized carbons (Fsp3) is 0.200. The van der Waals surface area contributed by atoms with Crippen LogP contribution < -0.4 is 5.32 Å². The summed E-state index contributed by atoms with van der Waals surface area (Å²) in [7, 11) is 0. The molecule has 0 N–H and O–H groups in total. The Morgan fingerprint density at radius 2 is 1.81 bits per heavy atom. The van der Waals surface area contributed by atoms with Gasteiger partial charge < -0.3 is 0 Å². The van der Waals surface area contributed by atoms with Crippen LogP contribution in [0.15, 0.2) is 48.5 Å². The maximum Gasteiger partial charge on any atom is 0.0320 e. The summed E-state index contributed by atoms with van der Waals surface area (Å²) in [6.07, 6.45) is 3.33. The molecule has 3 rings (SSSR count). The lowest BCUT2D eigenvalue weighted by Gasteiger charge is -2.13. The SMILES string of the molecule is C1=C(c2ccc3ccccc3c2)CC[N]C1. The van der Waals surface area contributed by atoms with Crippen LogP contribution in [-0.2, 0) is 0 Å². The van der Waals surface area contributed by atoms with Gasteiger partial charge in [-0.2, -0.15) is 0 Å². The minimum absolute atomic E-state index is 0.877. The maximum absolute atomic E-state index is 4.34. The highest BCUT2D eigenvalue weighted by Crippen LogP contribution is 2.24. The van der Waals surface area contributed by atoms with Gasteiger partial charge in [0.25, 0.3) is 0 Å². The summed E-state index contributed by atoms with van der Waals surface area (Å²) in [6, 6.07) is 15.2. The molecule has 1 aliphatic heterocycles. The van der Waals surface area contributed by atoms with Gasteiger partial charge in [0.2, 0.25) is 0 Å². The normalized spacial score (nSPS) is 16.1. The third-order valence-electron chi connectivity index (χ3n) is 3.13. The lowest BCUT2D eigenvalue weighted by molar-refractivity contribution is 0.723. The number of hydrogen-bond donors (Lipinski definition) is 0. The number of nitrogens with zero attached hydrogens (tertiary/aromatic N) is 1. The molecular weight excluding hydrogens is 194 g/mol. The second kappa shape index (κ2) is 4.11. The van der Waals surface area contributed by atoms with Crippen LogP contribution in [0.4, 0.5) is 0 Å². The molecule has 0 saturated heterocycles. The molecule has 0 fully saturated rings. The average Bonchev–Trinajstić information content (AvgIpc) is 2.39. The van der Waals surface area contributed by atoms with E-state index in [4.69, 9.17) is 0 Å². The van der Waals surface area contributed by atoms with Crippen molar-refractivity contribution in [3.63, 3.8) is 0 Å². The average molecular weight is 208 g/mol. The Hall–Kier alpha value is -1.60. The molecule has 1 nitrogen and oxygen atoms in total. The predicted octanol–water partition coefficient (Wildman–Crippen LogP) is 3.23. The molecule has 0 amide bonds. The van der Waals surface area contributed by atoms with Crippen LogP contribution >= 0.6 is 0 Å². The molecule has 2 aromatic rings. The van der Waals surface area contributed by atoms with Crippen LogP contribution in [0.3, 0.4) is 0 Å². The van der Waals surface area contributed by atoms with Crippen molar-refractivity contribution >= 4 is 16.3 Å². The molecule has 0 aromatic heterocycles. The highest BCUT2D eigenvalue weighted by Gasteiger charge is 2.06. The molecule has 1 radical (unpaired) electrons. The molecular formula is C15H14N. The van der Waals surface area contributed by atoms with Crippen molar-refractivity contribution in [2.24, 2.45) is 0 Å². The van der Waals surface area contributed by atoms with E-state index in [9.17, 15) is 0 Å². The third kappa shape index (κ3) is 1.74. The van der Waals surface area contributed by atoms with Gasteiger partial charge in [-0.1, -0.05) is 42.5 Å². The van der Waals surface area contributed by atoms with Crippen molar-refractivity contribution in [2.45, 2.75) is 6.42 Å². The van der Waals surface area contributed by atoms with E-state index >= 15 is 0 Å². The molecule has 1 heteroatoms. The van der Waals surface area contributed by atoms with Crippen molar-refractivity contribution < 1.29 is 0 Å². The van der Waals surface area contributed by atoms with E-state index in [1.54, 1.807) is 0 Å². The van der Waals surface area contributed by atoms with Crippen LogP contribution in [0.2, 0.25) is 0 Å². The van der Waals surface area contributed by atoms with Gasteiger partial charge in [0.05, 0.1) is 0 Å². The zero-order valence-corrected chi connectivity index (χ0v) is 9.19. The lowest BCUT2D eigenvalue weighted by atomic mass is 9.97. The highest BCUT2D eigenvalue weighted by atomic mass is 14.8. The molecule has 0 spiro atoms. The minimum Gasteiger partial charge on any atom is -0.237 e. The summed E-state index contributed by atoms with van der Waals surface area (Å²) in [6.45, 7) is 1.85. The predicted molar refractivity (Wildman–Crippen MR) is 68.4 cm³/mol. The Morgan fingerprint density at radius 1 is 0.938 bits per heavy atom. The van der Waals surface area contributed by atoms with Crippen LogP contribution in [0, 0.1) is 0 Å². The van der Waals surface area contributed by atoms with Crippen molar-refractivity contribution in [1.82, 2.24) is 5.32 Å². The molecule has 0 aliphatic carbocycles. The van der Waals surface area contributed by atoms with Crippen LogP contribution in [0.5, 0.6) is 0 Å². The fourth-order valence-electron chi connectivity index (χ4n) is 2.22. The first-order valence-corrected chi connectivity index (χ1v) is 5.75. The first-order valence-electron chi connectivity index (χ1n) is 5.75. The zero-order valence-electron chi connectivity index (χ0n) is 9.19. The zero-order chi connectivity index (χ0) is 10.8. The van der Waals surface area contributed by atoms with Crippen LogP contribution in [0.25, 0.3) is 16.3 Å². The summed E-state index contributed by atoms with van der Waals surface area (Å²) >= 11 is 0. The van der Waals surface area contributed by atoms with E-state index < -0.39 is 0 Å². The number of hydrogen-bond acceptors (Lipinski definition) is 0. The topological polar surface area (TPSA) is 14.1 Å². The van der Waals surface area contributed by atoms with Crippen molar-refractivity contribution in [2.75, 3.05) is 13.1 Å². The Kier molecular flexibility index (Phi) is 2.47. The maximum atomic E-state index is 4.34. The molecule has 1 aliphatic rings. The third-order valence-corrected chi connectivity index (χ3v) is 3.13. The number of benzene rings is 2. The molecule has 0 saturated carbocycles. The van der Waals surface area contributed by atoms with E-state index in [-0.39, 0.29) is 0 Å². The first kappa shape index (κ1) is 9.61. The molecule has 2 aromatic carbocycles. The van der Waals surface area contributed by atoms with Gasteiger partial charge in [-0.05, 0) is 34.4 Å². The molecule has 0 bridgehead atoms. The quantitative estimate of drug-likeness (QED) is 0.683. The summed E-state index contributed by atoms with van der Waals surface area (Å²) < 4.78 is 0. The summed E-state index contributed by atoms with van der Waals surface area (Å²) in [5, 5.41) is 6.97. The molecule has 16 heavy (non-hydrogen) atoms. The summed E-state index contributed by atoms with van der Waals surface area (Å²) in [4.78, 5) is 0. The Balaban J connectivity index is 2.07. The minimum atomic E-state index is 0.877. The summed E-state index contributed by atoms with van der Waals surface area (Å²) in [5.41, 5.74) is 2.80. The highest BCUT2D eigenvalue weighted by molar-refractivity contribution is 5.86. The van der Waals surface area contributed by atoms with E-state index in [0.29, 0.717) is 0 Å². The molecule has 0 unspecified atom stereocenters. The van der Waals surface area contributed by atoms with Gasteiger partial charge in [0.1, 0.15) is 0 Å². The lowest BCUT2D eigenvalue weighted by Crippen LogP contribution is -2.12. The second-order valence-electron chi connectivity index (χ2n) is 4.17. The monoisotopic (exact) mass is 208 g/mol. The van der Waals surface area contributed by atoms with Crippen molar-refractivity contribution in [1.29, 1.82) is 0 Å². The standard InChI is InChI=1S/C15H14N/c1-2-4-14-11-15(6-5-12(14)3-1)13-7-9-16-10-8-13/h1-7,11H,8-10H2. The molecule has 0 atom stereocenters. The Morgan fingerprint density at radius 3 is 2.62 bits per heavy atom. The van der Waals surface area contributed by atoms with Gasteiger partial charge >= 0.3 is 0 Å². The van der Waals surface area contributed by atoms with Gasteiger partial charge in [0.15, 0.2) is 0 Å². The summed E-state index contributed by atoms with van der Waals surface area (Å²) in [5.74, 6) is 0. The fourth-order valence-corrected chi connectivity index (χ4v) is 2.22. The number of rotatable bonds is 1. The van der Waals surface area contributed by atoms with E-state index in [0.717, 1.165) is 19.5 Å². The Labute approximate surface area is 95.8 Å². The largest absolute Gasteiger partial charge is 0.237 e. The van der Waals surface area contributed by atoms with Gasteiger partial charge in [-0.15, -0.1) is 0 Å². The smallest absolute Gasteiger partial charge is 0.0320 e. The molecule has 1 heterocycles. The van der Waals surface area contributed by atoms with E-state index in [1.807, 2.05) is 0 Å². The van der Waals surface area contributed by atoms with E-state index in [2.05, 4.69) is 53.9 Å². The van der Waals surface area contributed by atoms with Crippen molar-refractivity contribution in [3.8, 4) is 0 Å². The molecule has 79 valence electrons. The van der Waals surface area contributed by atoms with Crippen LogP contribution in [0.1, 0.15) is 12.0 Å². The first-order chi connectivity index (χ1) is 7.93. The number of fused-ring (bicyclic) bond motifs is 1. The van der Waals surface area contributed by atoms with Gasteiger partial charge in [0, 0.05) is 13.1 Å². The van der Waals surface area contributed by atoms with Crippen molar-refractivity contribution in [3.05, 3.63) is 54.1 Å². The Bertz CT molecular complexity index is 540. The van der Waals surface area contributed by atoms with E-state index in [1.165, 1.54) is 21.9 Å². The van der Waals surface area contributed by atoms with Crippen LogP contribution in [-0.4, -0.2) is 13.1 Å².